The zero-order chi connectivity index (χ0) is 11.9. The predicted molar refractivity (Wildman–Crippen MR) is 71.9 cm³/mol. The molecule has 96 valence electrons. The van der Waals surface area contributed by atoms with E-state index in [0.717, 1.165) is 12.3 Å². The maximum absolute atomic E-state index is 11.8. The average Bonchev–Trinajstić information content (AvgIpc) is 3.08. The van der Waals surface area contributed by atoms with Crippen molar-refractivity contribution in [2.75, 3.05) is 0 Å². The van der Waals surface area contributed by atoms with Crippen LogP contribution in [0.5, 0.6) is 0 Å². The van der Waals surface area contributed by atoms with Crippen molar-refractivity contribution in [2.24, 2.45) is 11.8 Å². The molecule has 1 saturated carbocycles. The maximum atomic E-state index is 11.8. The molecule has 1 heteroatoms. The van der Waals surface area contributed by atoms with Crippen molar-refractivity contribution in [3.63, 3.8) is 0 Å². The first kappa shape index (κ1) is 12.9. The second kappa shape index (κ2) is 6.98. The molecule has 1 nitrogen and oxygen atoms in total. The first-order valence-electron chi connectivity index (χ1n) is 7.58. The van der Waals surface area contributed by atoms with Gasteiger partial charge in [0, 0.05) is 5.92 Å². The summed E-state index contributed by atoms with van der Waals surface area (Å²) in [6.07, 6.45) is 18.5. The Labute approximate surface area is 106 Å². The number of allylic oxidation sites excluding steroid dienone is 2. The van der Waals surface area contributed by atoms with Crippen LogP contribution in [0.25, 0.3) is 0 Å². The fourth-order valence-electron chi connectivity index (χ4n) is 2.97. The molecule has 0 heterocycles. The summed E-state index contributed by atoms with van der Waals surface area (Å²) in [4.78, 5) is 11.8. The second-order valence-electron chi connectivity index (χ2n) is 5.81. The molecule has 0 bridgehead atoms. The van der Waals surface area contributed by atoms with Gasteiger partial charge in [-0.3, -0.25) is 4.79 Å². The van der Waals surface area contributed by atoms with Gasteiger partial charge >= 0.3 is 0 Å². The summed E-state index contributed by atoms with van der Waals surface area (Å²) in [7, 11) is 0. The molecule has 0 unspecified atom stereocenters. The van der Waals surface area contributed by atoms with E-state index in [1.807, 2.05) is 6.08 Å². The lowest BCUT2D eigenvalue weighted by atomic mass is 10.1. The SMILES string of the molecule is O=C1/C=C/CCCCCCCCCC[C@@H]2C[C@H]12. The summed E-state index contributed by atoms with van der Waals surface area (Å²) in [6, 6.07) is 0. The van der Waals surface area contributed by atoms with Crippen LogP contribution in [0, 0.1) is 11.8 Å². The summed E-state index contributed by atoms with van der Waals surface area (Å²) < 4.78 is 0. The van der Waals surface area contributed by atoms with E-state index in [1.54, 1.807) is 0 Å². The minimum Gasteiger partial charge on any atom is -0.295 e. The second-order valence-corrected chi connectivity index (χ2v) is 5.81. The van der Waals surface area contributed by atoms with Gasteiger partial charge in [0.05, 0.1) is 0 Å². The molecule has 0 aliphatic heterocycles. The Kier molecular flexibility index (Phi) is 5.28. The van der Waals surface area contributed by atoms with Gasteiger partial charge in [-0.05, 0) is 37.7 Å². The lowest BCUT2D eigenvalue weighted by Crippen LogP contribution is -1.97. The zero-order valence-electron chi connectivity index (χ0n) is 11.0. The number of rotatable bonds is 0. The van der Waals surface area contributed by atoms with E-state index in [2.05, 4.69) is 6.08 Å². The highest BCUT2D eigenvalue weighted by Crippen LogP contribution is 2.43. The summed E-state index contributed by atoms with van der Waals surface area (Å²) in [5, 5.41) is 0. The largest absolute Gasteiger partial charge is 0.295 e. The van der Waals surface area contributed by atoms with Crippen LogP contribution in [0.15, 0.2) is 12.2 Å². The molecule has 0 aromatic rings. The van der Waals surface area contributed by atoms with Crippen molar-refractivity contribution in [3.8, 4) is 0 Å². The molecular weight excluding hydrogens is 208 g/mol. The molecule has 0 saturated heterocycles. The molecule has 2 rings (SSSR count). The number of ketones is 1. The van der Waals surface area contributed by atoms with Crippen molar-refractivity contribution in [1.29, 1.82) is 0 Å². The van der Waals surface area contributed by atoms with E-state index in [4.69, 9.17) is 0 Å². The van der Waals surface area contributed by atoms with Gasteiger partial charge in [-0.1, -0.05) is 51.0 Å². The van der Waals surface area contributed by atoms with E-state index in [1.165, 1.54) is 64.2 Å². The van der Waals surface area contributed by atoms with Gasteiger partial charge in [-0.2, -0.15) is 0 Å². The van der Waals surface area contributed by atoms with E-state index in [0.29, 0.717) is 11.7 Å². The van der Waals surface area contributed by atoms with Gasteiger partial charge in [-0.15, -0.1) is 0 Å². The molecule has 2 aliphatic carbocycles. The average molecular weight is 234 g/mol. The highest BCUT2D eigenvalue weighted by Gasteiger charge is 2.40. The molecule has 2 aliphatic rings. The van der Waals surface area contributed by atoms with Gasteiger partial charge in [0.2, 0.25) is 0 Å². The summed E-state index contributed by atoms with van der Waals surface area (Å²) in [5.74, 6) is 1.54. The molecule has 0 spiro atoms. The third kappa shape index (κ3) is 4.65. The Morgan fingerprint density at radius 1 is 0.882 bits per heavy atom. The predicted octanol–water partition coefficient (Wildman–Crippen LogP) is 4.66. The quantitative estimate of drug-likeness (QED) is 0.595. The van der Waals surface area contributed by atoms with Gasteiger partial charge in [0.25, 0.3) is 0 Å². The van der Waals surface area contributed by atoms with Gasteiger partial charge < -0.3 is 0 Å². The standard InChI is InChI=1S/C16H26O/c17-16-12-10-8-6-4-2-1-3-5-7-9-11-14-13-15(14)16/h10,12,14-15H,1-9,11,13H2/b12-10+/t14-,15+/m1/s1. The van der Waals surface area contributed by atoms with Crippen molar-refractivity contribution in [1.82, 2.24) is 0 Å². The van der Waals surface area contributed by atoms with Crippen molar-refractivity contribution >= 4 is 5.78 Å². The van der Waals surface area contributed by atoms with Crippen LogP contribution in [0.1, 0.15) is 70.6 Å². The number of hydrogen-bond acceptors (Lipinski definition) is 1. The molecule has 1 fully saturated rings. The van der Waals surface area contributed by atoms with Crippen LogP contribution in [-0.2, 0) is 4.79 Å². The van der Waals surface area contributed by atoms with Crippen LogP contribution < -0.4 is 0 Å². The van der Waals surface area contributed by atoms with Crippen molar-refractivity contribution in [2.45, 2.75) is 70.6 Å². The number of hydrogen-bond donors (Lipinski definition) is 0. The molecule has 2 atom stereocenters. The lowest BCUT2D eigenvalue weighted by Gasteiger charge is -2.01. The maximum Gasteiger partial charge on any atom is 0.158 e. The van der Waals surface area contributed by atoms with E-state index in [-0.39, 0.29) is 0 Å². The Balaban J connectivity index is 1.75. The highest BCUT2D eigenvalue weighted by molar-refractivity contribution is 5.93. The minimum absolute atomic E-state index is 0.399. The van der Waals surface area contributed by atoms with Crippen LogP contribution in [0.3, 0.4) is 0 Å². The van der Waals surface area contributed by atoms with Gasteiger partial charge in [0.15, 0.2) is 5.78 Å². The lowest BCUT2D eigenvalue weighted by molar-refractivity contribution is -0.116. The number of carbonyl (C=O) groups is 1. The van der Waals surface area contributed by atoms with Crippen LogP contribution >= 0.6 is 0 Å². The van der Waals surface area contributed by atoms with Crippen LogP contribution in [0.4, 0.5) is 0 Å². The third-order valence-corrected chi connectivity index (χ3v) is 4.27. The fraction of sp³-hybridized carbons (Fsp3) is 0.812. The normalized spacial score (nSPS) is 34.2. The van der Waals surface area contributed by atoms with Crippen LogP contribution in [-0.4, -0.2) is 5.78 Å². The van der Waals surface area contributed by atoms with E-state index < -0.39 is 0 Å². The molecule has 17 heavy (non-hydrogen) atoms. The molecule has 0 radical (unpaired) electrons. The molecule has 0 aromatic heterocycles. The topological polar surface area (TPSA) is 17.1 Å². The van der Waals surface area contributed by atoms with Gasteiger partial charge in [0.1, 0.15) is 0 Å². The number of carbonyl (C=O) groups excluding carboxylic acids is 1. The van der Waals surface area contributed by atoms with Crippen molar-refractivity contribution in [3.05, 3.63) is 12.2 Å². The molecular formula is C16H26O. The Morgan fingerprint density at radius 2 is 1.53 bits per heavy atom. The smallest absolute Gasteiger partial charge is 0.158 e. The first-order valence-corrected chi connectivity index (χ1v) is 7.58. The monoisotopic (exact) mass is 234 g/mol. The Morgan fingerprint density at radius 3 is 2.29 bits per heavy atom. The third-order valence-electron chi connectivity index (χ3n) is 4.27. The van der Waals surface area contributed by atoms with E-state index >= 15 is 0 Å². The van der Waals surface area contributed by atoms with E-state index in [9.17, 15) is 4.79 Å². The van der Waals surface area contributed by atoms with Crippen molar-refractivity contribution < 1.29 is 4.79 Å². The van der Waals surface area contributed by atoms with Crippen LogP contribution in [0.2, 0.25) is 0 Å². The zero-order valence-corrected chi connectivity index (χ0v) is 11.0. The fourth-order valence-corrected chi connectivity index (χ4v) is 2.97. The summed E-state index contributed by atoms with van der Waals surface area (Å²) in [5.41, 5.74) is 0. The minimum atomic E-state index is 0.399. The molecule has 0 amide bonds. The Bertz CT molecular complexity index is 267. The summed E-state index contributed by atoms with van der Waals surface area (Å²) in [6.45, 7) is 0. The number of fused-ring (bicyclic) bond motifs is 1. The first-order chi connectivity index (χ1) is 8.38. The molecule has 0 N–H and O–H groups in total. The molecule has 0 aromatic carbocycles. The highest BCUT2D eigenvalue weighted by atomic mass is 16.1. The van der Waals surface area contributed by atoms with Gasteiger partial charge in [-0.25, -0.2) is 0 Å². The Hall–Kier alpha value is -0.590. The summed E-state index contributed by atoms with van der Waals surface area (Å²) >= 11 is 0.